The summed E-state index contributed by atoms with van der Waals surface area (Å²) in [5.41, 5.74) is 4.26. The first-order valence-electron chi connectivity index (χ1n) is 8.93. The number of aromatic nitrogens is 3. The molecule has 31 heavy (non-hydrogen) atoms. The Morgan fingerprint density at radius 3 is 2.84 bits per heavy atom. The van der Waals surface area contributed by atoms with Gasteiger partial charge < -0.3 is 15.9 Å². The number of carbonyl (C=O) groups is 1. The van der Waals surface area contributed by atoms with Gasteiger partial charge in [0, 0.05) is 16.6 Å². The van der Waals surface area contributed by atoms with E-state index in [1.165, 1.54) is 16.8 Å². The molecule has 2 aromatic carbocycles. The van der Waals surface area contributed by atoms with Crippen LogP contribution in [0.1, 0.15) is 11.1 Å². The molecule has 1 heterocycles. The third kappa shape index (κ3) is 6.43. The number of thioether (sulfide) groups is 1. The molecule has 0 aliphatic carbocycles. The number of nitrogens with zero attached hydrogens (tertiary/aromatic N) is 4. The Kier molecular flexibility index (Phi) is 7.84. The van der Waals surface area contributed by atoms with E-state index in [1.54, 1.807) is 25.5 Å². The quantitative estimate of drug-likeness (QED) is 0.176. The average molecular weight is 508 g/mol. The van der Waals surface area contributed by atoms with Gasteiger partial charge in [-0.2, -0.15) is 5.10 Å². The first-order valence-corrected chi connectivity index (χ1v) is 10.7. The van der Waals surface area contributed by atoms with E-state index in [1.807, 2.05) is 18.2 Å². The van der Waals surface area contributed by atoms with Crippen molar-refractivity contribution >= 4 is 45.8 Å². The molecule has 0 spiro atoms. The SMILES string of the molecule is COc1ccc(Br)cc1/C=N/Nc1nnc(SCC(=O)NCc2ccc(F)cc2)n1N. The van der Waals surface area contributed by atoms with Gasteiger partial charge in [0.2, 0.25) is 11.1 Å². The van der Waals surface area contributed by atoms with Gasteiger partial charge in [0.1, 0.15) is 11.6 Å². The van der Waals surface area contributed by atoms with Crippen LogP contribution in [-0.2, 0) is 11.3 Å². The van der Waals surface area contributed by atoms with Gasteiger partial charge in [-0.25, -0.2) is 14.5 Å². The van der Waals surface area contributed by atoms with Crippen LogP contribution in [0.4, 0.5) is 10.3 Å². The summed E-state index contributed by atoms with van der Waals surface area (Å²) in [6.45, 7) is 0.301. The van der Waals surface area contributed by atoms with Crippen LogP contribution >= 0.6 is 27.7 Å². The van der Waals surface area contributed by atoms with E-state index >= 15 is 0 Å². The van der Waals surface area contributed by atoms with E-state index in [9.17, 15) is 9.18 Å². The topological polar surface area (TPSA) is 119 Å². The molecule has 3 aromatic rings. The summed E-state index contributed by atoms with van der Waals surface area (Å²) in [5, 5.41) is 15.1. The summed E-state index contributed by atoms with van der Waals surface area (Å²) >= 11 is 4.52. The molecule has 3 rings (SSSR count). The predicted molar refractivity (Wildman–Crippen MR) is 121 cm³/mol. The molecular weight excluding hydrogens is 489 g/mol. The Morgan fingerprint density at radius 2 is 2.10 bits per heavy atom. The largest absolute Gasteiger partial charge is 0.496 e. The van der Waals surface area contributed by atoms with Crippen LogP contribution in [0.3, 0.4) is 0 Å². The van der Waals surface area contributed by atoms with Gasteiger partial charge in [-0.3, -0.25) is 4.79 Å². The van der Waals surface area contributed by atoms with Crippen LogP contribution in [0.5, 0.6) is 5.75 Å². The van der Waals surface area contributed by atoms with Gasteiger partial charge >= 0.3 is 0 Å². The maximum Gasteiger partial charge on any atom is 0.264 e. The van der Waals surface area contributed by atoms with Crippen LogP contribution in [-0.4, -0.2) is 39.9 Å². The summed E-state index contributed by atoms with van der Waals surface area (Å²) < 4.78 is 20.3. The van der Waals surface area contributed by atoms with Crippen molar-refractivity contribution in [3.05, 3.63) is 63.9 Å². The van der Waals surface area contributed by atoms with Crippen LogP contribution in [0.2, 0.25) is 0 Å². The highest BCUT2D eigenvalue weighted by Crippen LogP contribution is 2.21. The first-order chi connectivity index (χ1) is 15.0. The molecule has 0 fully saturated rings. The fraction of sp³-hybridized carbons (Fsp3) is 0.158. The second kappa shape index (κ2) is 10.8. The number of carbonyl (C=O) groups excluding carboxylic acids is 1. The number of halogens is 2. The molecule has 0 aliphatic rings. The number of methoxy groups -OCH3 is 1. The first kappa shape index (κ1) is 22.6. The van der Waals surface area contributed by atoms with Crippen molar-refractivity contribution in [1.29, 1.82) is 0 Å². The predicted octanol–water partition coefficient (Wildman–Crippen LogP) is 2.76. The molecule has 0 unspecified atom stereocenters. The lowest BCUT2D eigenvalue weighted by Crippen LogP contribution is -2.25. The third-order valence-corrected chi connectivity index (χ3v) is 5.40. The number of nitrogens with two attached hydrogens (primary N) is 1. The fourth-order valence-corrected chi connectivity index (χ4v) is 3.47. The van der Waals surface area contributed by atoms with Gasteiger partial charge in [-0.05, 0) is 35.9 Å². The Morgan fingerprint density at radius 1 is 1.32 bits per heavy atom. The summed E-state index contributed by atoms with van der Waals surface area (Å²) in [6, 6.07) is 11.4. The Hall–Kier alpha value is -3.12. The van der Waals surface area contributed by atoms with E-state index in [-0.39, 0.29) is 23.4 Å². The van der Waals surface area contributed by atoms with Crippen LogP contribution < -0.4 is 21.3 Å². The van der Waals surface area contributed by atoms with Crippen molar-refractivity contribution in [3.63, 3.8) is 0 Å². The summed E-state index contributed by atoms with van der Waals surface area (Å²) in [7, 11) is 1.57. The number of nitrogens with one attached hydrogen (secondary N) is 2. The minimum Gasteiger partial charge on any atom is -0.496 e. The van der Waals surface area contributed by atoms with E-state index in [0.717, 1.165) is 27.4 Å². The average Bonchev–Trinajstić information content (AvgIpc) is 3.11. The van der Waals surface area contributed by atoms with Crippen LogP contribution in [0, 0.1) is 5.82 Å². The number of nitrogen functional groups attached to an aromatic ring is 1. The van der Waals surface area contributed by atoms with Gasteiger partial charge in [0.15, 0.2) is 0 Å². The molecule has 12 heteroatoms. The molecule has 1 amide bonds. The van der Waals surface area contributed by atoms with Crippen molar-refractivity contribution < 1.29 is 13.9 Å². The normalized spacial score (nSPS) is 10.9. The number of hydrazone groups is 1. The van der Waals surface area contributed by atoms with Crippen molar-refractivity contribution in [1.82, 2.24) is 20.2 Å². The maximum atomic E-state index is 12.9. The lowest BCUT2D eigenvalue weighted by molar-refractivity contribution is -0.118. The fourth-order valence-electron chi connectivity index (χ4n) is 2.40. The molecule has 4 N–H and O–H groups in total. The minimum absolute atomic E-state index is 0.0923. The minimum atomic E-state index is -0.322. The molecule has 0 radical (unpaired) electrons. The Bertz CT molecular complexity index is 1080. The smallest absolute Gasteiger partial charge is 0.264 e. The second-order valence-corrected chi connectivity index (χ2v) is 7.98. The second-order valence-electron chi connectivity index (χ2n) is 6.12. The monoisotopic (exact) mass is 507 g/mol. The van der Waals surface area contributed by atoms with Gasteiger partial charge in [0.25, 0.3) is 5.95 Å². The van der Waals surface area contributed by atoms with Crippen LogP contribution in [0.25, 0.3) is 0 Å². The van der Waals surface area contributed by atoms with Crippen molar-refractivity contribution in [2.75, 3.05) is 24.1 Å². The summed E-state index contributed by atoms with van der Waals surface area (Å²) in [6.07, 6.45) is 1.56. The lowest BCUT2D eigenvalue weighted by atomic mass is 10.2. The van der Waals surface area contributed by atoms with E-state index < -0.39 is 0 Å². The molecule has 9 nitrogen and oxygen atoms in total. The molecule has 1 aromatic heterocycles. The standard InChI is InChI=1S/C19H19BrFN7O2S/c1-30-16-7-4-14(20)8-13(16)10-24-25-18-26-27-19(28(18)22)31-11-17(29)23-9-12-2-5-15(21)6-3-12/h2-8,10H,9,11,22H2,1H3,(H,23,29)(H,25,26)/b24-10+. The van der Waals surface area contributed by atoms with Crippen molar-refractivity contribution in [3.8, 4) is 5.75 Å². The zero-order chi connectivity index (χ0) is 22.2. The molecule has 0 aliphatic heterocycles. The lowest BCUT2D eigenvalue weighted by Gasteiger charge is -2.06. The number of ether oxygens (including phenoxy) is 1. The Labute approximate surface area is 190 Å². The molecule has 0 saturated heterocycles. The zero-order valence-corrected chi connectivity index (χ0v) is 18.8. The maximum absolute atomic E-state index is 12.9. The number of rotatable bonds is 9. The van der Waals surface area contributed by atoms with E-state index in [2.05, 4.69) is 42.0 Å². The van der Waals surface area contributed by atoms with Crippen molar-refractivity contribution in [2.45, 2.75) is 11.7 Å². The zero-order valence-electron chi connectivity index (χ0n) is 16.4. The molecule has 162 valence electrons. The van der Waals surface area contributed by atoms with Crippen LogP contribution in [0.15, 0.2) is 57.2 Å². The highest BCUT2D eigenvalue weighted by Gasteiger charge is 2.12. The number of benzene rings is 2. The van der Waals surface area contributed by atoms with Gasteiger partial charge in [0.05, 0.1) is 19.1 Å². The molecule has 0 bridgehead atoms. The highest BCUT2D eigenvalue weighted by molar-refractivity contribution is 9.10. The third-order valence-electron chi connectivity index (χ3n) is 3.96. The van der Waals surface area contributed by atoms with E-state index in [0.29, 0.717) is 17.5 Å². The number of hydrogen-bond donors (Lipinski definition) is 3. The number of amides is 1. The Balaban J connectivity index is 1.51. The molecular formula is C19H19BrFN7O2S. The number of anilines is 1. The number of hydrogen-bond acceptors (Lipinski definition) is 8. The summed E-state index contributed by atoms with van der Waals surface area (Å²) in [4.78, 5) is 12.0. The van der Waals surface area contributed by atoms with Gasteiger partial charge in [-0.1, -0.05) is 39.8 Å². The summed E-state index contributed by atoms with van der Waals surface area (Å²) in [5.74, 6) is 6.38. The molecule has 0 saturated carbocycles. The van der Waals surface area contributed by atoms with E-state index in [4.69, 9.17) is 10.6 Å². The highest BCUT2D eigenvalue weighted by atomic mass is 79.9. The molecule has 0 atom stereocenters. The van der Waals surface area contributed by atoms with Gasteiger partial charge in [-0.15, -0.1) is 10.2 Å². The van der Waals surface area contributed by atoms with Crippen molar-refractivity contribution in [2.24, 2.45) is 5.10 Å².